The summed E-state index contributed by atoms with van der Waals surface area (Å²) in [6.45, 7) is 7.61. The van der Waals surface area contributed by atoms with E-state index < -0.39 is 5.60 Å². The molecular formula is C20H29N3O4. The van der Waals surface area contributed by atoms with Gasteiger partial charge in [0.15, 0.2) is 17.5 Å². The fourth-order valence-electron chi connectivity index (χ4n) is 2.53. The van der Waals surface area contributed by atoms with Gasteiger partial charge in [-0.2, -0.15) is 0 Å². The molecule has 1 heterocycles. The summed E-state index contributed by atoms with van der Waals surface area (Å²) in [4.78, 5) is 4.58. The maximum Gasteiger partial charge on any atom is 0.191 e. The van der Waals surface area contributed by atoms with E-state index in [1.807, 2.05) is 32.0 Å². The molecule has 0 aliphatic rings. The van der Waals surface area contributed by atoms with Crippen molar-refractivity contribution in [3.63, 3.8) is 0 Å². The van der Waals surface area contributed by atoms with E-state index in [1.165, 1.54) is 0 Å². The summed E-state index contributed by atoms with van der Waals surface area (Å²) in [5.74, 6) is 2.51. The molecular weight excluding hydrogens is 346 g/mol. The van der Waals surface area contributed by atoms with E-state index >= 15 is 0 Å². The number of aliphatic hydroxyl groups is 1. The number of methoxy groups -OCH3 is 1. The Kier molecular flexibility index (Phi) is 7.55. The minimum absolute atomic E-state index is 0.263. The minimum Gasteiger partial charge on any atom is -0.493 e. The monoisotopic (exact) mass is 375 g/mol. The largest absolute Gasteiger partial charge is 0.493 e. The first-order chi connectivity index (χ1) is 13.0. The van der Waals surface area contributed by atoms with Crippen molar-refractivity contribution >= 4 is 5.96 Å². The van der Waals surface area contributed by atoms with Crippen molar-refractivity contribution in [3.8, 4) is 11.5 Å². The molecule has 27 heavy (non-hydrogen) atoms. The average molecular weight is 375 g/mol. The van der Waals surface area contributed by atoms with Gasteiger partial charge in [0.05, 0.1) is 33.1 Å². The van der Waals surface area contributed by atoms with E-state index in [-0.39, 0.29) is 6.54 Å². The minimum atomic E-state index is -1.14. The van der Waals surface area contributed by atoms with E-state index in [9.17, 15) is 5.11 Å². The number of hydrogen-bond acceptors (Lipinski definition) is 5. The molecule has 1 unspecified atom stereocenters. The highest BCUT2D eigenvalue weighted by atomic mass is 16.5. The van der Waals surface area contributed by atoms with Crippen LogP contribution in [-0.2, 0) is 12.1 Å². The Bertz CT molecular complexity index is 727. The molecule has 1 aromatic heterocycles. The first-order valence-electron chi connectivity index (χ1n) is 9.08. The number of rotatable bonds is 9. The van der Waals surface area contributed by atoms with Crippen LogP contribution in [0.3, 0.4) is 0 Å². The molecule has 2 rings (SSSR count). The molecule has 0 saturated heterocycles. The van der Waals surface area contributed by atoms with Gasteiger partial charge in [0.25, 0.3) is 0 Å². The third-order valence-corrected chi connectivity index (χ3v) is 3.94. The highest BCUT2D eigenvalue weighted by Gasteiger charge is 2.26. The van der Waals surface area contributed by atoms with Crippen molar-refractivity contribution in [3.05, 3.63) is 47.9 Å². The van der Waals surface area contributed by atoms with Crippen molar-refractivity contribution in [2.45, 2.75) is 32.9 Å². The molecule has 0 bridgehead atoms. The fraction of sp³-hybridized carbons (Fsp3) is 0.450. The Labute approximate surface area is 160 Å². The zero-order valence-electron chi connectivity index (χ0n) is 16.4. The second kappa shape index (κ2) is 9.87. The van der Waals surface area contributed by atoms with Crippen LogP contribution in [0.4, 0.5) is 0 Å². The summed E-state index contributed by atoms with van der Waals surface area (Å²) < 4.78 is 16.2. The Hall–Kier alpha value is -2.67. The highest BCUT2D eigenvalue weighted by molar-refractivity contribution is 5.79. The van der Waals surface area contributed by atoms with E-state index in [1.54, 1.807) is 32.4 Å². The van der Waals surface area contributed by atoms with Crippen LogP contribution in [0.15, 0.2) is 46.0 Å². The summed E-state index contributed by atoms with van der Waals surface area (Å²) >= 11 is 0. The average Bonchev–Trinajstić information content (AvgIpc) is 3.20. The lowest BCUT2D eigenvalue weighted by Crippen LogP contribution is -2.44. The van der Waals surface area contributed by atoms with Gasteiger partial charge in [-0.15, -0.1) is 0 Å². The van der Waals surface area contributed by atoms with Crippen LogP contribution in [0, 0.1) is 0 Å². The van der Waals surface area contributed by atoms with Gasteiger partial charge < -0.3 is 29.6 Å². The Morgan fingerprint density at radius 3 is 2.67 bits per heavy atom. The summed E-state index contributed by atoms with van der Waals surface area (Å²) in [7, 11) is 1.62. The lowest BCUT2D eigenvalue weighted by Gasteiger charge is -2.22. The van der Waals surface area contributed by atoms with Crippen LogP contribution < -0.4 is 20.1 Å². The van der Waals surface area contributed by atoms with Crippen molar-refractivity contribution in [1.82, 2.24) is 10.6 Å². The van der Waals surface area contributed by atoms with E-state index in [4.69, 9.17) is 13.9 Å². The van der Waals surface area contributed by atoms with Crippen LogP contribution >= 0.6 is 0 Å². The molecule has 148 valence electrons. The van der Waals surface area contributed by atoms with E-state index in [0.717, 1.165) is 5.56 Å². The van der Waals surface area contributed by atoms with Crippen molar-refractivity contribution < 1.29 is 19.0 Å². The van der Waals surface area contributed by atoms with Crippen molar-refractivity contribution in [2.75, 3.05) is 26.8 Å². The molecule has 1 atom stereocenters. The highest BCUT2D eigenvalue weighted by Crippen LogP contribution is 2.28. The molecule has 7 nitrogen and oxygen atoms in total. The number of nitrogens with zero attached hydrogens (tertiary/aromatic N) is 1. The standard InChI is InChI=1S/C20H29N3O4/c1-5-21-19(23-14-20(3,24)18-8-7-11-27-18)22-13-15-9-10-16(25-4)17(12-15)26-6-2/h7-12,24H,5-6,13-14H2,1-4H3,(H2,21,22,23). The molecule has 0 aliphatic heterocycles. The quantitative estimate of drug-likeness (QED) is 0.461. The van der Waals surface area contributed by atoms with Gasteiger partial charge in [-0.1, -0.05) is 6.07 Å². The second-order valence-electron chi connectivity index (χ2n) is 6.22. The molecule has 0 amide bonds. The lowest BCUT2D eigenvalue weighted by atomic mass is 10.0. The van der Waals surface area contributed by atoms with E-state index in [0.29, 0.717) is 42.9 Å². The van der Waals surface area contributed by atoms with Crippen LogP contribution in [0.25, 0.3) is 0 Å². The molecule has 2 aromatic rings. The van der Waals surface area contributed by atoms with Crippen LogP contribution in [0.2, 0.25) is 0 Å². The Balaban J connectivity index is 2.05. The van der Waals surface area contributed by atoms with Crippen LogP contribution in [-0.4, -0.2) is 37.9 Å². The van der Waals surface area contributed by atoms with Gasteiger partial charge in [0.1, 0.15) is 11.4 Å². The first-order valence-corrected chi connectivity index (χ1v) is 9.08. The molecule has 0 spiro atoms. The number of guanidine groups is 1. The van der Waals surface area contributed by atoms with Crippen LogP contribution in [0.1, 0.15) is 32.1 Å². The van der Waals surface area contributed by atoms with Gasteiger partial charge >= 0.3 is 0 Å². The lowest BCUT2D eigenvalue weighted by molar-refractivity contribution is 0.0386. The molecule has 7 heteroatoms. The first kappa shape index (κ1) is 20.6. The van der Waals surface area contributed by atoms with Gasteiger partial charge in [-0.3, -0.25) is 0 Å². The zero-order chi connectivity index (χ0) is 19.7. The van der Waals surface area contributed by atoms with Gasteiger partial charge in [0, 0.05) is 6.54 Å². The molecule has 0 radical (unpaired) electrons. The molecule has 0 saturated carbocycles. The SMILES string of the molecule is CCNC(=NCc1ccc(OC)c(OCC)c1)NCC(C)(O)c1ccco1. The second-order valence-corrected chi connectivity index (χ2v) is 6.22. The molecule has 3 N–H and O–H groups in total. The summed E-state index contributed by atoms with van der Waals surface area (Å²) in [6, 6.07) is 9.25. The molecule has 1 aromatic carbocycles. The maximum atomic E-state index is 10.6. The summed E-state index contributed by atoms with van der Waals surface area (Å²) in [5, 5.41) is 16.9. The van der Waals surface area contributed by atoms with Gasteiger partial charge in [-0.05, 0) is 50.6 Å². The summed E-state index contributed by atoms with van der Waals surface area (Å²) in [5.41, 5.74) is -0.142. The zero-order valence-corrected chi connectivity index (χ0v) is 16.4. The number of furan rings is 1. The maximum absolute atomic E-state index is 10.6. The van der Waals surface area contributed by atoms with Gasteiger partial charge in [0.2, 0.25) is 0 Å². The third-order valence-electron chi connectivity index (χ3n) is 3.94. The number of nitrogens with one attached hydrogen (secondary N) is 2. The normalized spacial score (nSPS) is 13.7. The topological polar surface area (TPSA) is 88.3 Å². The number of ether oxygens (including phenoxy) is 2. The number of hydrogen-bond donors (Lipinski definition) is 3. The Morgan fingerprint density at radius 1 is 1.22 bits per heavy atom. The smallest absolute Gasteiger partial charge is 0.191 e. The summed E-state index contributed by atoms with van der Waals surface area (Å²) in [6.07, 6.45) is 1.54. The Morgan fingerprint density at radius 2 is 2.04 bits per heavy atom. The predicted octanol–water partition coefficient (Wildman–Crippen LogP) is 2.65. The van der Waals surface area contributed by atoms with Crippen LogP contribution in [0.5, 0.6) is 11.5 Å². The number of benzene rings is 1. The van der Waals surface area contributed by atoms with Gasteiger partial charge in [-0.25, -0.2) is 4.99 Å². The molecule has 0 fully saturated rings. The third kappa shape index (κ3) is 5.92. The number of aliphatic imine (C=N–C) groups is 1. The van der Waals surface area contributed by atoms with Crippen molar-refractivity contribution in [1.29, 1.82) is 0 Å². The fourth-order valence-corrected chi connectivity index (χ4v) is 2.53. The van der Waals surface area contributed by atoms with E-state index in [2.05, 4.69) is 15.6 Å². The predicted molar refractivity (Wildman–Crippen MR) is 105 cm³/mol. The molecule has 0 aliphatic carbocycles. The van der Waals surface area contributed by atoms with Crippen molar-refractivity contribution in [2.24, 2.45) is 4.99 Å².